The van der Waals surface area contributed by atoms with Gasteiger partial charge in [0.1, 0.15) is 0 Å². The van der Waals surface area contributed by atoms with Gasteiger partial charge in [0, 0.05) is 30.8 Å². The van der Waals surface area contributed by atoms with Gasteiger partial charge in [-0.25, -0.2) is 0 Å². The number of ketones is 1. The Balaban J connectivity index is 2.25. The summed E-state index contributed by atoms with van der Waals surface area (Å²) in [7, 11) is 0. The van der Waals surface area contributed by atoms with Crippen LogP contribution in [0, 0.1) is 0 Å². The number of benzene rings is 1. The number of nitrogens with zero attached hydrogens (tertiary/aromatic N) is 1. The highest BCUT2D eigenvalue weighted by Crippen LogP contribution is 2.18. The fourth-order valence-electron chi connectivity index (χ4n) is 1.95. The normalized spacial score (nSPS) is 15.3. The average molecular weight is 261 g/mol. The summed E-state index contributed by atoms with van der Waals surface area (Å²) < 4.78 is 0. The zero-order valence-corrected chi connectivity index (χ0v) is 10.4. The van der Waals surface area contributed by atoms with E-state index in [1.807, 2.05) is 0 Å². The first-order valence-electron chi connectivity index (χ1n) is 6.06. The molecule has 0 saturated carbocycles. The van der Waals surface area contributed by atoms with Gasteiger partial charge in [0.15, 0.2) is 5.78 Å². The number of hydrogen-bond donors (Lipinski definition) is 2. The van der Waals surface area contributed by atoms with Crippen LogP contribution >= 0.6 is 0 Å². The molecular formula is C13H15N3O3. The van der Waals surface area contributed by atoms with Gasteiger partial charge in [-0.15, -0.1) is 0 Å². The molecule has 0 atom stereocenters. The first-order chi connectivity index (χ1) is 9.13. The van der Waals surface area contributed by atoms with E-state index in [4.69, 9.17) is 5.73 Å². The minimum atomic E-state index is -0.620. The van der Waals surface area contributed by atoms with Gasteiger partial charge in [-0.2, -0.15) is 0 Å². The third-order valence-electron chi connectivity index (χ3n) is 2.91. The van der Waals surface area contributed by atoms with Gasteiger partial charge in [-0.05, 0) is 18.7 Å². The van der Waals surface area contributed by atoms with Crippen molar-refractivity contribution in [3.63, 3.8) is 0 Å². The molecule has 0 unspecified atom stereocenters. The van der Waals surface area contributed by atoms with Crippen LogP contribution in [0.2, 0.25) is 0 Å². The van der Waals surface area contributed by atoms with Crippen LogP contribution in [-0.4, -0.2) is 37.2 Å². The third kappa shape index (κ3) is 2.79. The summed E-state index contributed by atoms with van der Waals surface area (Å²) in [6.07, 6.45) is 0.262. The molecule has 1 aliphatic heterocycles. The molecular weight excluding hydrogens is 246 g/mol. The molecule has 0 radical (unpaired) electrons. The summed E-state index contributed by atoms with van der Waals surface area (Å²) in [6, 6.07) is 6.69. The Morgan fingerprint density at radius 3 is 2.89 bits per heavy atom. The maximum atomic E-state index is 11.8. The topological polar surface area (TPSA) is 92.5 Å². The lowest BCUT2D eigenvalue weighted by molar-refractivity contribution is -0.138. The Kier molecular flexibility index (Phi) is 3.91. The quantitative estimate of drug-likeness (QED) is 0.574. The molecule has 19 heavy (non-hydrogen) atoms. The number of carbonyl (C=O) groups is 3. The number of nitrogens with one attached hydrogen (secondary N) is 1. The molecule has 6 nitrogen and oxygen atoms in total. The average Bonchev–Trinajstić information content (AvgIpc) is 2.42. The molecule has 2 amide bonds. The maximum Gasteiger partial charge on any atom is 0.316 e. The largest absolute Gasteiger partial charge is 0.346 e. The maximum absolute atomic E-state index is 11.8. The van der Waals surface area contributed by atoms with Crippen molar-refractivity contribution in [2.24, 2.45) is 5.73 Å². The number of carbonyl (C=O) groups excluding carboxylic acids is 3. The number of anilines is 1. The van der Waals surface area contributed by atoms with E-state index in [0.29, 0.717) is 24.3 Å². The number of rotatable bonds is 4. The van der Waals surface area contributed by atoms with Gasteiger partial charge in [-0.1, -0.05) is 12.1 Å². The van der Waals surface area contributed by atoms with Gasteiger partial charge in [0.25, 0.3) is 0 Å². The van der Waals surface area contributed by atoms with E-state index in [2.05, 4.69) is 5.32 Å². The fraction of sp³-hybridized carbons (Fsp3) is 0.308. The highest BCUT2D eigenvalue weighted by Gasteiger charge is 2.27. The SMILES string of the molecule is NCCC(=O)c1cccc(N2CCNC(=O)C2=O)c1. The molecule has 1 heterocycles. The van der Waals surface area contributed by atoms with Crippen molar-refractivity contribution in [2.45, 2.75) is 6.42 Å². The molecule has 2 rings (SSSR count). The van der Waals surface area contributed by atoms with Gasteiger partial charge in [0.05, 0.1) is 0 Å². The molecule has 1 aromatic carbocycles. The Morgan fingerprint density at radius 2 is 2.16 bits per heavy atom. The van der Waals surface area contributed by atoms with Gasteiger partial charge < -0.3 is 16.0 Å². The Morgan fingerprint density at radius 1 is 1.37 bits per heavy atom. The summed E-state index contributed by atoms with van der Waals surface area (Å²) in [6.45, 7) is 1.10. The predicted molar refractivity (Wildman–Crippen MR) is 69.8 cm³/mol. The first kappa shape index (κ1) is 13.2. The Labute approximate surface area is 110 Å². The second-order valence-corrected chi connectivity index (χ2v) is 4.22. The van der Waals surface area contributed by atoms with E-state index in [9.17, 15) is 14.4 Å². The van der Waals surface area contributed by atoms with Crippen LogP contribution in [0.3, 0.4) is 0 Å². The van der Waals surface area contributed by atoms with E-state index < -0.39 is 11.8 Å². The standard InChI is InChI=1S/C13H15N3O3/c14-5-4-11(17)9-2-1-3-10(8-9)16-7-6-15-12(18)13(16)19/h1-3,8H,4-7,14H2,(H,15,18). The van der Waals surface area contributed by atoms with Crippen LogP contribution in [0.4, 0.5) is 5.69 Å². The van der Waals surface area contributed by atoms with E-state index in [1.165, 1.54) is 4.90 Å². The van der Waals surface area contributed by atoms with Crippen molar-refractivity contribution in [3.05, 3.63) is 29.8 Å². The molecule has 100 valence electrons. The molecule has 0 bridgehead atoms. The van der Waals surface area contributed by atoms with Gasteiger partial charge in [0.2, 0.25) is 0 Å². The molecule has 1 aliphatic rings. The van der Waals surface area contributed by atoms with Crippen molar-refractivity contribution < 1.29 is 14.4 Å². The van der Waals surface area contributed by atoms with Crippen LogP contribution < -0.4 is 16.0 Å². The van der Waals surface area contributed by atoms with E-state index in [-0.39, 0.29) is 18.7 Å². The molecule has 0 spiro atoms. The van der Waals surface area contributed by atoms with Crippen LogP contribution in [0.1, 0.15) is 16.8 Å². The zero-order chi connectivity index (χ0) is 13.8. The lowest BCUT2D eigenvalue weighted by atomic mass is 10.1. The number of nitrogens with two attached hydrogens (primary N) is 1. The Hall–Kier alpha value is -2.21. The second kappa shape index (κ2) is 5.62. The summed E-state index contributed by atoms with van der Waals surface area (Å²) in [5, 5.41) is 2.48. The highest BCUT2D eigenvalue weighted by molar-refractivity contribution is 6.41. The minimum absolute atomic E-state index is 0.0711. The molecule has 3 N–H and O–H groups in total. The molecule has 0 aromatic heterocycles. The number of amides is 2. The smallest absolute Gasteiger partial charge is 0.316 e. The van der Waals surface area contributed by atoms with E-state index in [0.717, 1.165) is 0 Å². The zero-order valence-electron chi connectivity index (χ0n) is 10.4. The molecule has 1 aromatic rings. The number of hydrogen-bond acceptors (Lipinski definition) is 4. The summed E-state index contributed by atoms with van der Waals surface area (Å²) >= 11 is 0. The van der Waals surface area contributed by atoms with Crippen molar-refractivity contribution in [2.75, 3.05) is 24.5 Å². The predicted octanol–water partition coefficient (Wildman–Crippen LogP) is -0.319. The lowest BCUT2D eigenvalue weighted by Gasteiger charge is -2.26. The monoisotopic (exact) mass is 261 g/mol. The third-order valence-corrected chi connectivity index (χ3v) is 2.91. The Bertz CT molecular complexity index is 528. The van der Waals surface area contributed by atoms with Crippen molar-refractivity contribution in [3.8, 4) is 0 Å². The van der Waals surface area contributed by atoms with E-state index in [1.54, 1.807) is 24.3 Å². The fourth-order valence-corrected chi connectivity index (χ4v) is 1.95. The molecule has 1 fully saturated rings. The first-order valence-corrected chi connectivity index (χ1v) is 6.06. The van der Waals surface area contributed by atoms with Gasteiger partial charge in [-0.3, -0.25) is 14.4 Å². The number of piperazine rings is 1. The van der Waals surface area contributed by atoms with Crippen LogP contribution in [0.5, 0.6) is 0 Å². The van der Waals surface area contributed by atoms with Crippen LogP contribution in [-0.2, 0) is 9.59 Å². The number of Topliss-reactive ketones (excluding diaryl/α,β-unsaturated/α-hetero) is 1. The molecule has 1 saturated heterocycles. The van der Waals surface area contributed by atoms with Crippen molar-refractivity contribution in [1.29, 1.82) is 0 Å². The summed E-state index contributed by atoms with van der Waals surface area (Å²) in [5.41, 5.74) is 6.41. The summed E-state index contributed by atoms with van der Waals surface area (Å²) in [5.74, 6) is -1.29. The van der Waals surface area contributed by atoms with Gasteiger partial charge >= 0.3 is 11.8 Å². The second-order valence-electron chi connectivity index (χ2n) is 4.22. The van der Waals surface area contributed by atoms with Crippen molar-refractivity contribution in [1.82, 2.24) is 5.32 Å². The highest BCUT2D eigenvalue weighted by atomic mass is 16.2. The van der Waals surface area contributed by atoms with Crippen molar-refractivity contribution >= 4 is 23.3 Å². The lowest BCUT2D eigenvalue weighted by Crippen LogP contribution is -2.52. The molecule has 6 heteroatoms. The van der Waals surface area contributed by atoms with E-state index >= 15 is 0 Å². The van der Waals surface area contributed by atoms with Crippen LogP contribution in [0.15, 0.2) is 24.3 Å². The molecule has 0 aliphatic carbocycles. The minimum Gasteiger partial charge on any atom is -0.346 e. The summed E-state index contributed by atoms with van der Waals surface area (Å²) in [4.78, 5) is 36.2. The van der Waals surface area contributed by atoms with Crippen LogP contribution in [0.25, 0.3) is 0 Å².